The molecule has 0 heterocycles. The van der Waals surface area contributed by atoms with E-state index in [1.54, 1.807) is 0 Å². The van der Waals surface area contributed by atoms with Gasteiger partial charge in [-0.25, -0.2) is 0 Å². The summed E-state index contributed by atoms with van der Waals surface area (Å²) in [6.07, 6.45) is 7.44. The lowest BCUT2D eigenvalue weighted by molar-refractivity contribution is 0.0695. The normalized spacial score (nSPS) is 12.5. The van der Waals surface area contributed by atoms with Crippen molar-refractivity contribution in [2.24, 2.45) is 0 Å². The Bertz CT molecular complexity index is 384. The van der Waals surface area contributed by atoms with Gasteiger partial charge >= 0.3 is 17.6 Å². The lowest BCUT2D eigenvalue weighted by Gasteiger charge is -2.30. The van der Waals surface area contributed by atoms with Gasteiger partial charge in [0.25, 0.3) is 0 Å². The minimum atomic E-state index is -2.61. The fourth-order valence-electron chi connectivity index (χ4n) is 3.44. The van der Waals surface area contributed by atoms with E-state index in [2.05, 4.69) is 10.8 Å². The first-order valence-electron chi connectivity index (χ1n) is 11.5. The van der Waals surface area contributed by atoms with Gasteiger partial charge in [0.05, 0.1) is 6.54 Å². The van der Waals surface area contributed by atoms with E-state index in [1.165, 1.54) is 0 Å². The first-order chi connectivity index (χ1) is 14.5. The van der Waals surface area contributed by atoms with Gasteiger partial charge in [0, 0.05) is 51.7 Å². The number of nitrogens with zero attached hydrogens (tertiary/aromatic N) is 1. The highest BCUT2D eigenvalue weighted by atomic mass is 28.4. The lowest BCUT2D eigenvalue weighted by atomic mass is 10.3. The molecule has 0 fully saturated rings. The summed E-state index contributed by atoms with van der Waals surface area (Å²) >= 11 is 0. The van der Waals surface area contributed by atoms with Crippen LogP contribution in [0.3, 0.4) is 0 Å². The van der Waals surface area contributed by atoms with Crippen molar-refractivity contribution in [1.29, 1.82) is 0 Å². The maximum atomic E-state index is 5.95. The molecular formula is C21H45NO6Si2. The van der Waals surface area contributed by atoms with Gasteiger partial charge in [-0.15, -0.1) is 6.42 Å². The summed E-state index contributed by atoms with van der Waals surface area (Å²) in [6.45, 7) is 17.8. The molecule has 0 spiro atoms. The van der Waals surface area contributed by atoms with Gasteiger partial charge < -0.3 is 26.6 Å². The molecule has 0 aliphatic carbocycles. The first kappa shape index (κ1) is 29.7. The van der Waals surface area contributed by atoms with Gasteiger partial charge in [-0.2, -0.15) is 0 Å². The fraction of sp³-hybridized carbons (Fsp3) is 0.905. The third kappa shape index (κ3) is 11.9. The number of hydrogen-bond acceptors (Lipinski definition) is 7. The average molecular weight is 464 g/mol. The van der Waals surface area contributed by atoms with Crippen LogP contribution in [0.25, 0.3) is 0 Å². The van der Waals surface area contributed by atoms with Crippen molar-refractivity contribution in [3.05, 3.63) is 0 Å². The van der Waals surface area contributed by atoms with Gasteiger partial charge in [-0.3, -0.25) is 4.90 Å². The molecule has 0 aromatic rings. The number of hydrogen-bond donors (Lipinski definition) is 0. The van der Waals surface area contributed by atoms with Crippen molar-refractivity contribution >= 4 is 17.6 Å². The van der Waals surface area contributed by atoms with E-state index in [0.29, 0.717) is 46.2 Å². The van der Waals surface area contributed by atoms with Crippen LogP contribution in [0, 0.1) is 12.3 Å². The predicted octanol–water partition coefficient (Wildman–Crippen LogP) is 3.80. The van der Waals surface area contributed by atoms with Crippen LogP contribution in [0.4, 0.5) is 0 Å². The molecular weight excluding hydrogens is 418 g/mol. The van der Waals surface area contributed by atoms with Crippen LogP contribution in [0.2, 0.25) is 12.1 Å². The fourth-order valence-corrected chi connectivity index (χ4v) is 8.63. The molecule has 178 valence electrons. The highest BCUT2D eigenvalue weighted by Crippen LogP contribution is 2.20. The van der Waals surface area contributed by atoms with Gasteiger partial charge in [-0.1, -0.05) is 5.92 Å². The van der Waals surface area contributed by atoms with Crippen LogP contribution in [0.1, 0.15) is 54.4 Å². The molecule has 9 heteroatoms. The second-order valence-electron chi connectivity index (χ2n) is 6.65. The predicted molar refractivity (Wildman–Crippen MR) is 125 cm³/mol. The molecule has 30 heavy (non-hydrogen) atoms. The summed E-state index contributed by atoms with van der Waals surface area (Å²) in [6, 6.07) is 1.58. The number of terminal acetylenes is 1. The van der Waals surface area contributed by atoms with Crippen LogP contribution in [-0.4, -0.2) is 81.8 Å². The summed E-state index contributed by atoms with van der Waals surface area (Å²) in [7, 11) is -5.22. The third-order valence-corrected chi connectivity index (χ3v) is 10.7. The van der Waals surface area contributed by atoms with E-state index in [-0.39, 0.29) is 0 Å². The smallest absolute Gasteiger partial charge is 0.374 e. The summed E-state index contributed by atoms with van der Waals surface area (Å²) in [5.41, 5.74) is 0. The van der Waals surface area contributed by atoms with Gasteiger partial charge in [0.1, 0.15) is 0 Å². The molecule has 7 nitrogen and oxygen atoms in total. The van der Waals surface area contributed by atoms with Crippen molar-refractivity contribution in [3.63, 3.8) is 0 Å². The Kier molecular flexibility index (Phi) is 18.1. The zero-order chi connectivity index (χ0) is 22.7. The van der Waals surface area contributed by atoms with E-state index >= 15 is 0 Å². The average Bonchev–Trinajstić information content (AvgIpc) is 2.69. The highest BCUT2D eigenvalue weighted by Gasteiger charge is 2.41. The van der Waals surface area contributed by atoms with E-state index < -0.39 is 17.6 Å². The Balaban J connectivity index is 4.79. The quantitative estimate of drug-likeness (QED) is 0.189. The Morgan fingerprint density at radius 3 is 1.13 bits per heavy atom. The Hall–Kier alpha value is -0.286. The van der Waals surface area contributed by atoms with E-state index in [9.17, 15) is 0 Å². The molecule has 0 saturated heterocycles. The minimum Gasteiger partial charge on any atom is -0.374 e. The molecule has 0 radical (unpaired) electrons. The topological polar surface area (TPSA) is 58.6 Å². The number of rotatable bonds is 21. The van der Waals surface area contributed by atoms with Gasteiger partial charge in [0.15, 0.2) is 0 Å². The first-order valence-corrected chi connectivity index (χ1v) is 15.4. The summed E-state index contributed by atoms with van der Waals surface area (Å²) < 4.78 is 35.7. The summed E-state index contributed by atoms with van der Waals surface area (Å²) in [5.74, 6) is 2.78. The third-order valence-electron chi connectivity index (χ3n) is 4.42. The maximum Gasteiger partial charge on any atom is 0.500 e. The Morgan fingerprint density at radius 1 is 0.600 bits per heavy atom. The maximum absolute atomic E-state index is 5.95. The van der Waals surface area contributed by atoms with E-state index in [4.69, 9.17) is 33.0 Å². The van der Waals surface area contributed by atoms with Gasteiger partial charge in [-0.05, 0) is 67.5 Å². The lowest BCUT2D eigenvalue weighted by Crippen LogP contribution is -2.47. The standard InChI is InChI=1S/C21H45NO6Si2/c1-8-17-22(18-15-20-29(23-9-2,24-10-3)25-11-4)19-16-21-30(26-12-5,27-13-6)28-14-7/h1H,9-21H2,2-7H3. The highest BCUT2D eigenvalue weighted by molar-refractivity contribution is 6.61. The molecule has 0 N–H and O–H groups in total. The Labute approximate surface area is 187 Å². The molecule has 0 amide bonds. The zero-order valence-electron chi connectivity index (χ0n) is 20.2. The van der Waals surface area contributed by atoms with Crippen LogP contribution in [-0.2, 0) is 26.6 Å². The van der Waals surface area contributed by atoms with Crippen LogP contribution in [0.5, 0.6) is 0 Å². The largest absolute Gasteiger partial charge is 0.500 e. The SMILES string of the molecule is C#CCN(CCC[Si](OCC)(OCC)OCC)CCC[Si](OCC)(OCC)OCC. The van der Waals surface area contributed by atoms with Crippen molar-refractivity contribution < 1.29 is 26.6 Å². The second kappa shape index (κ2) is 18.3. The molecule has 0 aliphatic heterocycles. The molecule has 0 rings (SSSR count). The van der Waals surface area contributed by atoms with E-state index in [0.717, 1.165) is 38.0 Å². The van der Waals surface area contributed by atoms with Crippen LogP contribution >= 0.6 is 0 Å². The van der Waals surface area contributed by atoms with E-state index in [1.807, 2.05) is 41.5 Å². The molecule has 0 bridgehead atoms. The molecule has 0 saturated carbocycles. The van der Waals surface area contributed by atoms with Crippen molar-refractivity contribution in [1.82, 2.24) is 4.90 Å². The monoisotopic (exact) mass is 463 g/mol. The van der Waals surface area contributed by atoms with Crippen LogP contribution in [0.15, 0.2) is 0 Å². The van der Waals surface area contributed by atoms with Crippen molar-refractivity contribution in [3.8, 4) is 12.3 Å². The molecule has 0 atom stereocenters. The second-order valence-corrected chi connectivity index (χ2v) is 12.1. The molecule has 0 unspecified atom stereocenters. The van der Waals surface area contributed by atoms with Crippen LogP contribution < -0.4 is 0 Å². The van der Waals surface area contributed by atoms with Gasteiger partial charge in [0.2, 0.25) is 0 Å². The Morgan fingerprint density at radius 2 is 0.900 bits per heavy atom. The van der Waals surface area contributed by atoms with Crippen molar-refractivity contribution in [2.45, 2.75) is 66.5 Å². The summed E-state index contributed by atoms with van der Waals surface area (Å²) in [5, 5.41) is 0. The minimum absolute atomic E-state index is 0.597. The molecule has 0 aromatic carbocycles. The van der Waals surface area contributed by atoms with Crippen molar-refractivity contribution in [2.75, 3.05) is 59.3 Å². The summed E-state index contributed by atoms with van der Waals surface area (Å²) in [4.78, 5) is 2.28. The molecule has 0 aliphatic rings. The zero-order valence-corrected chi connectivity index (χ0v) is 22.2. The molecule has 0 aromatic heterocycles.